The van der Waals surface area contributed by atoms with Crippen molar-refractivity contribution in [2.75, 3.05) is 18.0 Å². The van der Waals surface area contributed by atoms with E-state index in [9.17, 15) is 4.79 Å². The number of hydrogen-bond donors (Lipinski definition) is 1. The predicted molar refractivity (Wildman–Crippen MR) is 146 cm³/mol. The van der Waals surface area contributed by atoms with Gasteiger partial charge in [0, 0.05) is 27.9 Å². The topological polar surface area (TPSA) is 53.9 Å². The minimum Gasteiger partial charge on any atom is -0.488 e. The second-order valence-electron chi connectivity index (χ2n) is 7.55. The Morgan fingerprint density at radius 1 is 1.00 bits per heavy atom. The van der Waals surface area contributed by atoms with Gasteiger partial charge in [-0.25, -0.2) is 5.43 Å². The molecule has 3 aromatic carbocycles. The molecule has 0 saturated carbocycles. The van der Waals surface area contributed by atoms with Gasteiger partial charge in [-0.3, -0.25) is 4.79 Å². The number of carbonyl (C=O) groups excluding carboxylic acids is 1. The number of nitrogens with zero attached hydrogens (tertiary/aromatic N) is 2. The van der Waals surface area contributed by atoms with Gasteiger partial charge in [0.15, 0.2) is 0 Å². The Hall–Kier alpha value is -2.14. The summed E-state index contributed by atoms with van der Waals surface area (Å²) in [5, 5.41) is 4.11. The van der Waals surface area contributed by atoms with Crippen LogP contribution in [0.2, 0.25) is 0 Å². The summed E-state index contributed by atoms with van der Waals surface area (Å²) in [6, 6.07) is 21.8. The quantitative estimate of drug-likeness (QED) is 0.199. The molecule has 164 valence electrons. The Balaban J connectivity index is 1.30. The lowest BCUT2D eigenvalue weighted by molar-refractivity contribution is 0.0955. The lowest BCUT2D eigenvalue weighted by Crippen LogP contribution is -2.19. The molecule has 1 amide bonds. The van der Waals surface area contributed by atoms with Crippen LogP contribution in [0, 0.1) is 7.14 Å². The van der Waals surface area contributed by atoms with Crippen molar-refractivity contribution in [2.24, 2.45) is 5.10 Å². The second kappa shape index (κ2) is 11.1. The monoisotopic (exact) mass is 651 g/mol. The first kappa shape index (κ1) is 23.0. The Bertz CT molecular complexity index is 1090. The van der Waals surface area contributed by atoms with Crippen molar-refractivity contribution >= 4 is 63.0 Å². The van der Waals surface area contributed by atoms with Crippen molar-refractivity contribution in [1.82, 2.24) is 5.43 Å². The largest absolute Gasteiger partial charge is 0.488 e. The van der Waals surface area contributed by atoms with Gasteiger partial charge >= 0.3 is 0 Å². The molecule has 7 heteroatoms. The van der Waals surface area contributed by atoms with Gasteiger partial charge in [-0.15, -0.1) is 0 Å². The summed E-state index contributed by atoms with van der Waals surface area (Å²) in [7, 11) is 0. The van der Waals surface area contributed by atoms with Crippen LogP contribution in [0.5, 0.6) is 5.75 Å². The third kappa shape index (κ3) is 6.22. The Morgan fingerprint density at radius 3 is 2.41 bits per heavy atom. The zero-order chi connectivity index (χ0) is 22.3. The van der Waals surface area contributed by atoms with Gasteiger partial charge in [0.2, 0.25) is 0 Å². The predicted octanol–water partition coefficient (Wildman–Crippen LogP) is 5.84. The molecule has 1 aliphatic rings. The Kier molecular flexibility index (Phi) is 8.01. The van der Waals surface area contributed by atoms with Crippen LogP contribution in [-0.4, -0.2) is 25.2 Å². The maximum absolute atomic E-state index is 12.4. The molecule has 1 N–H and O–H groups in total. The summed E-state index contributed by atoms with van der Waals surface area (Å²) in [6.07, 6.45) is 4.10. The van der Waals surface area contributed by atoms with Gasteiger partial charge in [0.05, 0.1) is 9.78 Å². The number of amides is 1. The van der Waals surface area contributed by atoms with Gasteiger partial charge in [-0.1, -0.05) is 12.1 Å². The molecule has 0 spiro atoms. The molecule has 0 aromatic heterocycles. The minimum absolute atomic E-state index is 0.221. The zero-order valence-electron chi connectivity index (χ0n) is 17.4. The molecule has 32 heavy (non-hydrogen) atoms. The average Bonchev–Trinajstić information content (AvgIpc) is 3.35. The summed E-state index contributed by atoms with van der Waals surface area (Å²) in [5.41, 5.74) is 6.39. The SMILES string of the molecule is O=C(N/N=C\c1ccc(OCc2ccc(I)cc2)c(I)c1)c1ccc(N2CCCC2)cc1. The molecule has 0 bridgehead atoms. The van der Waals surface area contributed by atoms with Crippen LogP contribution in [0.15, 0.2) is 71.8 Å². The van der Waals surface area contributed by atoms with Crippen LogP contribution in [0.4, 0.5) is 5.69 Å². The number of hydrogen-bond acceptors (Lipinski definition) is 4. The van der Waals surface area contributed by atoms with E-state index in [1.807, 2.05) is 42.5 Å². The first-order valence-corrected chi connectivity index (χ1v) is 12.6. The number of ether oxygens (including phenoxy) is 1. The summed E-state index contributed by atoms with van der Waals surface area (Å²) in [4.78, 5) is 14.7. The van der Waals surface area contributed by atoms with Crippen molar-refractivity contribution < 1.29 is 9.53 Å². The summed E-state index contributed by atoms with van der Waals surface area (Å²) >= 11 is 4.54. The first-order chi connectivity index (χ1) is 15.6. The fraction of sp³-hybridized carbons (Fsp3) is 0.200. The lowest BCUT2D eigenvalue weighted by atomic mass is 10.2. The smallest absolute Gasteiger partial charge is 0.271 e. The molecule has 5 nitrogen and oxygen atoms in total. The van der Waals surface area contributed by atoms with Gasteiger partial charge in [-0.2, -0.15) is 5.10 Å². The van der Waals surface area contributed by atoms with Crippen molar-refractivity contribution in [3.63, 3.8) is 0 Å². The normalized spacial score (nSPS) is 13.5. The van der Waals surface area contributed by atoms with Crippen LogP contribution in [-0.2, 0) is 6.61 Å². The maximum atomic E-state index is 12.4. The van der Waals surface area contributed by atoms with E-state index in [1.54, 1.807) is 6.21 Å². The molecule has 1 saturated heterocycles. The van der Waals surface area contributed by atoms with Gasteiger partial charge < -0.3 is 9.64 Å². The number of anilines is 1. The molecular weight excluding hydrogens is 628 g/mol. The van der Waals surface area contributed by atoms with E-state index in [0.29, 0.717) is 12.2 Å². The van der Waals surface area contributed by atoms with Crippen molar-refractivity contribution in [2.45, 2.75) is 19.4 Å². The van der Waals surface area contributed by atoms with Gasteiger partial charge in [0.25, 0.3) is 5.91 Å². The summed E-state index contributed by atoms with van der Waals surface area (Å²) < 4.78 is 8.13. The second-order valence-corrected chi connectivity index (χ2v) is 9.95. The molecule has 0 radical (unpaired) electrons. The van der Waals surface area contributed by atoms with Crippen LogP contribution in [0.25, 0.3) is 0 Å². The highest BCUT2D eigenvalue weighted by molar-refractivity contribution is 14.1. The van der Waals surface area contributed by atoms with Crippen LogP contribution in [0.1, 0.15) is 34.3 Å². The fourth-order valence-electron chi connectivity index (χ4n) is 3.49. The molecule has 0 atom stereocenters. The molecule has 3 aromatic rings. The molecule has 1 aliphatic heterocycles. The van der Waals surface area contributed by atoms with Crippen LogP contribution in [0.3, 0.4) is 0 Å². The number of hydrazone groups is 1. The number of benzene rings is 3. The van der Waals surface area contributed by atoms with Gasteiger partial charge in [-0.05, 0) is 124 Å². The zero-order valence-corrected chi connectivity index (χ0v) is 21.7. The van der Waals surface area contributed by atoms with Crippen molar-refractivity contribution in [3.8, 4) is 5.75 Å². The molecule has 4 rings (SSSR count). The van der Waals surface area contributed by atoms with Crippen LogP contribution < -0.4 is 15.1 Å². The van der Waals surface area contributed by atoms with Crippen molar-refractivity contribution in [1.29, 1.82) is 0 Å². The third-order valence-electron chi connectivity index (χ3n) is 5.24. The van der Waals surface area contributed by atoms with E-state index >= 15 is 0 Å². The van der Waals surface area contributed by atoms with E-state index in [-0.39, 0.29) is 5.91 Å². The summed E-state index contributed by atoms with van der Waals surface area (Å²) in [5.74, 6) is 0.602. The third-order valence-corrected chi connectivity index (χ3v) is 6.81. The molecular formula is C25H23I2N3O2. The Morgan fingerprint density at radius 2 is 1.72 bits per heavy atom. The number of carbonyl (C=O) groups is 1. The van der Waals surface area contributed by atoms with E-state index in [4.69, 9.17) is 4.74 Å². The highest BCUT2D eigenvalue weighted by Crippen LogP contribution is 2.23. The molecule has 1 heterocycles. The molecule has 0 aliphatic carbocycles. The maximum Gasteiger partial charge on any atom is 0.271 e. The van der Waals surface area contributed by atoms with Gasteiger partial charge in [0.1, 0.15) is 12.4 Å². The summed E-state index contributed by atoms with van der Waals surface area (Å²) in [6.45, 7) is 2.70. The van der Waals surface area contributed by atoms with Crippen molar-refractivity contribution in [3.05, 3.63) is 90.6 Å². The fourth-order valence-corrected chi connectivity index (χ4v) is 4.54. The van der Waals surface area contributed by atoms with E-state index in [0.717, 1.165) is 33.5 Å². The molecule has 0 unspecified atom stereocenters. The highest BCUT2D eigenvalue weighted by Gasteiger charge is 2.13. The van der Waals surface area contributed by atoms with E-state index in [1.165, 1.54) is 22.1 Å². The highest BCUT2D eigenvalue weighted by atomic mass is 127. The average molecular weight is 651 g/mol. The Labute approximate surface area is 215 Å². The number of halogens is 2. The first-order valence-electron chi connectivity index (χ1n) is 10.4. The lowest BCUT2D eigenvalue weighted by Gasteiger charge is -2.17. The molecule has 1 fully saturated rings. The number of rotatable bonds is 7. The minimum atomic E-state index is -0.221. The van der Waals surface area contributed by atoms with E-state index in [2.05, 4.69) is 84.9 Å². The number of nitrogens with one attached hydrogen (secondary N) is 1. The van der Waals surface area contributed by atoms with Crippen LogP contribution >= 0.6 is 45.2 Å². The van der Waals surface area contributed by atoms with E-state index < -0.39 is 0 Å². The standard InChI is InChI=1S/C25H23I2N3O2/c26-21-8-3-18(4-9-21)17-32-24-12-5-19(15-23(24)27)16-28-29-25(31)20-6-10-22(11-7-20)30-13-1-2-14-30/h3-12,15-16H,1-2,13-14,17H2,(H,29,31)/b28-16-.